The third-order valence-corrected chi connectivity index (χ3v) is 4.19. The minimum atomic E-state index is -0.514. The molecule has 0 bridgehead atoms. The molecule has 0 unspecified atom stereocenters. The molecule has 0 spiro atoms. The van der Waals surface area contributed by atoms with Gasteiger partial charge in [0.15, 0.2) is 0 Å². The fourth-order valence-corrected chi connectivity index (χ4v) is 2.76. The Morgan fingerprint density at radius 3 is 2.96 bits per heavy atom. The Morgan fingerprint density at radius 1 is 1.57 bits per heavy atom. The number of carbonyl (C=O) groups excluding carboxylic acids is 1. The maximum absolute atomic E-state index is 13.5. The van der Waals surface area contributed by atoms with E-state index in [2.05, 4.69) is 5.32 Å². The standard InChI is InChI=1S/C16H22ClFN2O3/c1-10(21)7-13-9-23-6-5-20(13)16(22)19-11(2)12-3-4-14(17)15(18)8-12/h3-4,8,10-11,13,21H,5-7,9H2,1-2H3,(H,19,22)/t10-,11+,13-/m0/s1. The minimum absolute atomic E-state index is 0.0532. The molecule has 2 N–H and O–H groups in total. The van der Waals surface area contributed by atoms with Crippen LogP contribution in [0.1, 0.15) is 31.9 Å². The van der Waals surface area contributed by atoms with Crippen LogP contribution in [-0.2, 0) is 4.74 Å². The number of hydrogen-bond acceptors (Lipinski definition) is 3. The molecule has 23 heavy (non-hydrogen) atoms. The number of urea groups is 1. The van der Waals surface area contributed by atoms with Crippen molar-refractivity contribution in [3.8, 4) is 0 Å². The van der Waals surface area contributed by atoms with Gasteiger partial charge in [-0.05, 0) is 38.0 Å². The highest BCUT2D eigenvalue weighted by atomic mass is 35.5. The zero-order valence-corrected chi connectivity index (χ0v) is 14.0. The molecule has 0 aliphatic carbocycles. The topological polar surface area (TPSA) is 61.8 Å². The van der Waals surface area contributed by atoms with E-state index in [0.29, 0.717) is 31.7 Å². The third kappa shape index (κ3) is 4.80. The van der Waals surface area contributed by atoms with Gasteiger partial charge < -0.3 is 20.1 Å². The Kier molecular flexibility index (Phi) is 6.21. The van der Waals surface area contributed by atoms with Crippen LogP contribution in [0.25, 0.3) is 0 Å². The van der Waals surface area contributed by atoms with Crippen molar-refractivity contribution in [2.24, 2.45) is 0 Å². The predicted octanol–water partition coefficient (Wildman–Crippen LogP) is 2.72. The van der Waals surface area contributed by atoms with Crippen LogP contribution in [0.3, 0.4) is 0 Å². The maximum Gasteiger partial charge on any atom is 0.318 e. The molecule has 1 aliphatic heterocycles. The number of carbonyl (C=O) groups is 1. The summed E-state index contributed by atoms with van der Waals surface area (Å²) in [6, 6.07) is 3.70. The summed E-state index contributed by atoms with van der Waals surface area (Å²) in [4.78, 5) is 14.1. The molecule has 128 valence electrons. The second-order valence-corrected chi connectivity index (χ2v) is 6.26. The van der Waals surface area contributed by atoms with E-state index in [1.54, 1.807) is 24.8 Å². The number of aliphatic hydroxyl groups is 1. The number of hydrogen-bond donors (Lipinski definition) is 2. The second kappa shape index (κ2) is 7.95. The molecule has 0 radical (unpaired) electrons. The molecule has 1 aromatic rings. The quantitative estimate of drug-likeness (QED) is 0.882. The van der Waals surface area contributed by atoms with Gasteiger partial charge in [0.2, 0.25) is 0 Å². The molecule has 2 amide bonds. The van der Waals surface area contributed by atoms with Crippen molar-refractivity contribution in [2.75, 3.05) is 19.8 Å². The van der Waals surface area contributed by atoms with E-state index in [1.165, 1.54) is 12.1 Å². The number of rotatable bonds is 4. The van der Waals surface area contributed by atoms with Crippen LogP contribution >= 0.6 is 11.6 Å². The van der Waals surface area contributed by atoms with Crippen molar-refractivity contribution in [1.29, 1.82) is 0 Å². The number of halogens is 2. The van der Waals surface area contributed by atoms with Gasteiger partial charge in [-0.3, -0.25) is 0 Å². The average Bonchev–Trinajstić information content (AvgIpc) is 2.49. The molecule has 1 fully saturated rings. The van der Waals surface area contributed by atoms with Crippen molar-refractivity contribution < 1.29 is 19.0 Å². The number of nitrogens with zero attached hydrogens (tertiary/aromatic N) is 1. The Bertz CT molecular complexity index is 556. The molecule has 1 heterocycles. The Morgan fingerprint density at radius 2 is 2.30 bits per heavy atom. The first-order chi connectivity index (χ1) is 10.9. The van der Waals surface area contributed by atoms with Gasteiger partial charge in [-0.25, -0.2) is 9.18 Å². The summed E-state index contributed by atoms with van der Waals surface area (Å²) in [5.41, 5.74) is 0.639. The lowest BCUT2D eigenvalue weighted by Gasteiger charge is -2.37. The number of benzene rings is 1. The van der Waals surface area contributed by atoms with Crippen molar-refractivity contribution in [1.82, 2.24) is 10.2 Å². The molecule has 2 rings (SSSR count). The molecular weight excluding hydrogens is 323 g/mol. The minimum Gasteiger partial charge on any atom is -0.393 e. The monoisotopic (exact) mass is 344 g/mol. The maximum atomic E-state index is 13.5. The normalized spacial score (nSPS) is 20.9. The second-order valence-electron chi connectivity index (χ2n) is 5.85. The molecule has 3 atom stereocenters. The summed E-state index contributed by atoms with van der Waals surface area (Å²) in [5.74, 6) is -0.511. The predicted molar refractivity (Wildman–Crippen MR) is 86.0 cm³/mol. The fraction of sp³-hybridized carbons (Fsp3) is 0.562. The summed E-state index contributed by atoms with van der Waals surface area (Å²) < 4.78 is 18.9. The molecule has 0 aromatic heterocycles. The first-order valence-electron chi connectivity index (χ1n) is 7.66. The molecular formula is C16H22ClFN2O3. The van der Waals surface area contributed by atoms with Crippen molar-refractivity contribution in [3.05, 3.63) is 34.6 Å². The zero-order valence-electron chi connectivity index (χ0n) is 13.3. The van der Waals surface area contributed by atoms with Gasteiger partial charge in [-0.2, -0.15) is 0 Å². The number of ether oxygens (including phenoxy) is 1. The van der Waals surface area contributed by atoms with Crippen LogP contribution in [0.15, 0.2) is 18.2 Å². The summed E-state index contributed by atoms with van der Waals surface area (Å²) in [6.45, 7) is 4.80. The van der Waals surface area contributed by atoms with Crippen LogP contribution in [0, 0.1) is 5.82 Å². The number of aliphatic hydroxyl groups excluding tert-OH is 1. The SMILES string of the molecule is C[C@H](O)C[C@H]1COCCN1C(=O)N[C@H](C)c1ccc(Cl)c(F)c1. The highest BCUT2D eigenvalue weighted by Gasteiger charge is 2.29. The van der Waals surface area contributed by atoms with E-state index >= 15 is 0 Å². The van der Waals surface area contributed by atoms with Gasteiger partial charge in [0.25, 0.3) is 0 Å². The van der Waals surface area contributed by atoms with E-state index in [-0.39, 0.29) is 23.1 Å². The Labute approximate surface area is 140 Å². The van der Waals surface area contributed by atoms with Crippen LogP contribution in [-0.4, -0.2) is 47.9 Å². The van der Waals surface area contributed by atoms with E-state index in [4.69, 9.17) is 16.3 Å². The van der Waals surface area contributed by atoms with Crippen molar-refractivity contribution >= 4 is 17.6 Å². The smallest absolute Gasteiger partial charge is 0.318 e. The van der Waals surface area contributed by atoms with Gasteiger partial charge >= 0.3 is 6.03 Å². The fourth-order valence-electron chi connectivity index (χ4n) is 2.64. The Hall–Kier alpha value is -1.37. The van der Waals surface area contributed by atoms with E-state index in [0.717, 1.165) is 0 Å². The van der Waals surface area contributed by atoms with Gasteiger partial charge in [0.05, 0.1) is 36.4 Å². The Balaban J connectivity index is 2.02. The summed E-state index contributed by atoms with van der Waals surface area (Å²) in [7, 11) is 0. The van der Waals surface area contributed by atoms with Gasteiger partial charge in [0.1, 0.15) is 5.82 Å². The van der Waals surface area contributed by atoms with E-state index in [1.807, 2.05) is 0 Å². The van der Waals surface area contributed by atoms with Crippen molar-refractivity contribution in [3.63, 3.8) is 0 Å². The number of nitrogens with one attached hydrogen (secondary N) is 1. The third-order valence-electron chi connectivity index (χ3n) is 3.89. The van der Waals surface area contributed by atoms with Crippen LogP contribution in [0.5, 0.6) is 0 Å². The van der Waals surface area contributed by atoms with E-state index in [9.17, 15) is 14.3 Å². The van der Waals surface area contributed by atoms with Crippen LogP contribution in [0.2, 0.25) is 5.02 Å². The highest BCUT2D eigenvalue weighted by Crippen LogP contribution is 2.21. The first kappa shape index (κ1) is 18.0. The summed E-state index contributed by atoms with van der Waals surface area (Å²) >= 11 is 5.67. The molecule has 0 saturated carbocycles. The summed E-state index contributed by atoms with van der Waals surface area (Å²) in [5, 5.41) is 12.5. The lowest BCUT2D eigenvalue weighted by Crippen LogP contribution is -2.53. The van der Waals surface area contributed by atoms with Gasteiger partial charge in [-0.15, -0.1) is 0 Å². The van der Waals surface area contributed by atoms with Gasteiger partial charge in [0, 0.05) is 6.54 Å². The largest absolute Gasteiger partial charge is 0.393 e. The van der Waals surface area contributed by atoms with Gasteiger partial charge in [-0.1, -0.05) is 17.7 Å². The molecule has 1 saturated heterocycles. The lowest BCUT2D eigenvalue weighted by molar-refractivity contribution is -0.00474. The van der Waals surface area contributed by atoms with Crippen molar-refractivity contribution in [2.45, 2.75) is 38.5 Å². The number of morpholine rings is 1. The molecule has 1 aliphatic rings. The van der Waals surface area contributed by atoms with Crippen LogP contribution < -0.4 is 5.32 Å². The zero-order chi connectivity index (χ0) is 17.0. The number of amides is 2. The summed E-state index contributed by atoms with van der Waals surface area (Å²) in [6.07, 6.45) is -0.0584. The first-order valence-corrected chi connectivity index (χ1v) is 8.04. The van der Waals surface area contributed by atoms with E-state index < -0.39 is 11.9 Å². The molecule has 5 nitrogen and oxygen atoms in total. The molecule has 7 heteroatoms. The molecule has 1 aromatic carbocycles. The lowest BCUT2D eigenvalue weighted by atomic mass is 10.1. The van der Waals surface area contributed by atoms with Crippen LogP contribution in [0.4, 0.5) is 9.18 Å². The highest BCUT2D eigenvalue weighted by molar-refractivity contribution is 6.30. The average molecular weight is 345 g/mol.